The number of hydrogen-bond donors (Lipinski definition) is 2. The minimum absolute atomic E-state index is 0.168. The number of rotatable bonds is 7. The van der Waals surface area contributed by atoms with Crippen molar-refractivity contribution in [3.05, 3.63) is 11.9 Å². The zero-order valence-corrected chi connectivity index (χ0v) is 13.1. The van der Waals surface area contributed by atoms with Crippen molar-refractivity contribution in [1.82, 2.24) is 9.97 Å². The second kappa shape index (κ2) is 7.40. The van der Waals surface area contributed by atoms with Crippen LogP contribution in [-0.2, 0) is 10.2 Å². The summed E-state index contributed by atoms with van der Waals surface area (Å²) in [7, 11) is 0. The summed E-state index contributed by atoms with van der Waals surface area (Å²) in [6.07, 6.45) is 0. The molecular weight excluding hydrogens is 256 g/mol. The van der Waals surface area contributed by atoms with Crippen LogP contribution in [0.3, 0.4) is 0 Å². The summed E-state index contributed by atoms with van der Waals surface area (Å²) in [5.74, 6) is 7.68. The lowest BCUT2D eigenvalue weighted by molar-refractivity contribution is 0.0804. The van der Waals surface area contributed by atoms with E-state index >= 15 is 0 Å². The van der Waals surface area contributed by atoms with Crippen molar-refractivity contribution >= 4 is 5.82 Å². The standard InChI is InChI=1S/C14H26N4O2/c1-10(2)9-19-6-7-20-12-8-11(18-15)16-13(17-12)14(3,4)5/h8,10H,6-7,9,15H2,1-5H3,(H,16,17,18). The summed E-state index contributed by atoms with van der Waals surface area (Å²) >= 11 is 0. The molecule has 0 aliphatic rings. The van der Waals surface area contributed by atoms with Gasteiger partial charge in [-0.15, -0.1) is 0 Å². The van der Waals surface area contributed by atoms with Gasteiger partial charge in [0.05, 0.1) is 6.61 Å². The zero-order chi connectivity index (χ0) is 15.2. The summed E-state index contributed by atoms with van der Waals surface area (Å²) in [5.41, 5.74) is 2.37. The summed E-state index contributed by atoms with van der Waals surface area (Å²) in [4.78, 5) is 8.73. The first-order valence-corrected chi connectivity index (χ1v) is 6.89. The normalized spacial score (nSPS) is 11.8. The molecule has 1 aromatic rings. The van der Waals surface area contributed by atoms with Crippen LogP contribution in [0.1, 0.15) is 40.4 Å². The Balaban J connectivity index is 2.61. The molecule has 3 N–H and O–H groups in total. The van der Waals surface area contributed by atoms with Gasteiger partial charge < -0.3 is 14.9 Å². The Bertz CT molecular complexity index is 416. The molecule has 1 rings (SSSR count). The molecule has 0 unspecified atom stereocenters. The van der Waals surface area contributed by atoms with Crippen molar-refractivity contribution in [2.45, 2.75) is 40.0 Å². The topological polar surface area (TPSA) is 82.3 Å². The van der Waals surface area contributed by atoms with Gasteiger partial charge in [0.25, 0.3) is 0 Å². The molecule has 0 aromatic carbocycles. The molecule has 6 heteroatoms. The molecule has 6 nitrogen and oxygen atoms in total. The Morgan fingerprint density at radius 1 is 1.25 bits per heavy atom. The van der Waals surface area contributed by atoms with E-state index in [0.717, 1.165) is 6.61 Å². The number of ether oxygens (including phenoxy) is 2. The van der Waals surface area contributed by atoms with Crippen LogP contribution >= 0.6 is 0 Å². The minimum atomic E-state index is -0.168. The highest BCUT2D eigenvalue weighted by molar-refractivity contribution is 5.37. The molecule has 0 fully saturated rings. The smallest absolute Gasteiger partial charge is 0.218 e. The number of hydrogen-bond acceptors (Lipinski definition) is 6. The molecule has 114 valence electrons. The monoisotopic (exact) mass is 282 g/mol. The fourth-order valence-electron chi connectivity index (χ4n) is 1.43. The Labute approximate surface area is 121 Å². The quantitative estimate of drug-likeness (QED) is 0.453. The molecule has 0 atom stereocenters. The summed E-state index contributed by atoms with van der Waals surface area (Å²) in [6.45, 7) is 12.1. The van der Waals surface area contributed by atoms with Gasteiger partial charge in [-0.05, 0) is 5.92 Å². The SMILES string of the molecule is CC(C)COCCOc1cc(NN)nc(C(C)(C)C)n1. The summed E-state index contributed by atoms with van der Waals surface area (Å²) in [6, 6.07) is 1.68. The van der Waals surface area contributed by atoms with Gasteiger partial charge in [0.15, 0.2) is 0 Å². The van der Waals surface area contributed by atoms with Gasteiger partial charge in [0, 0.05) is 18.1 Å². The van der Waals surface area contributed by atoms with Gasteiger partial charge in [0.1, 0.15) is 18.2 Å². The van der Waals surface area contributed by atoms with E-state index in [2.05, 4.69) is 29.2 Å². The molecule has 0 radical (unpaired) electrons. The fraction of sp³-hybridized carbons (Fsp3) is 0.714. The van der Waals surface area contributed by atoms with Crippen LogP contribution in [0.4, 0.5) is 5.82 Å². The Morgan fingerprint density at radius 2 is 1.95 bits per heavy atom. The van der Waals surface area contributed by atoms with Gasteiger partial charge in [-0.1, -0.05) is 34.6 Å². The van der Waals surface area contributed by atoms with Crippen molar-refractivity contribution in [3.8, 4) is 5.88 Å². The number of aromatic nitrogens is 2. The minimum Gasteiger partial charge on any atom is -0.475 e. The lowest BCUT2D eigenvalue weighted by Gasteiger charge is -2.18. The highest BCUT2D eigenvalue weighted by Crippen LogP contribution is 2.22. The van der Waals surface area contributed by atoms with Crippen molar-refractivity contribution < 1.29 is 9.47 Å². The second-order valence-corrected chi connectivity index (χ2v) is 6.13. The molecular formula is C14H26N4O2. The molecule has 1 aromatic heterocycles. The van der Waals surface area contributed by atoms with E-state index in [1.54, 1.807) is 6.07 Å². The van der Waals surface area contributed by atoms with Gasteiger partial charge in [-0.3, -0.25) is 0 Å². The van der Waals surface area contributed by atoms with Crippen LogP contribution in [0.15, 0.2) is 6.07 Å². The number of nitrogen functional groups attached to an aromatic ring is 1. The van der Waals surface area contributed by atoms with E-state index in [0.29, 0.717) is 36.7 Å². The first kappa shape index (κ1) is 16.7. The fourth-order valence-corrected chi connectivity index (χ4v) is 1.43. The van der Waals surface area contributed by atoms with Crippen LogP contribution in [0.25, 0.3) is 0 Å². The molecule has 0 saturated heterocycles. The molecule has 0 bridgehead atoms. The lowest BCUT2D eigenvalue weighted by Crippen LogP contribution is -2.20. The molecule has 0 amide bonds. The van der Waals surface area contributed by atoms with Gasteiger partial charge >= 0.3 is 0 Å². The van der Waals surface area contributed by atoms with Crippen LogP contribution in [-0.4, -0.2) is 29.8 Å². The average Bonchev–Trinajstić information content (AvgIpc) is 2.36. The maximum atomic E-state index is 5.59. The molecule has 0 aliphatic heterocycles. The van der Waals surface area contributed by atoms with E-state index in [9.17, 15) is 0 Å². The third-order valence-electron chi connectivity index (χ3n) is 2.45. The zero-order valence-electron chi connectivity index (χ0n) is 13.1. The number of nitrogens with two attached hydrogens (primary N) is 1. The lowest BCUT2D eigenvalue weighted by atomic mass is 9.96. The predicted octanol–water partition coefficient (Wildman–Crippen LogP) is 2.11. The van der Waals surface area contributed by atoms with Crippen LogP contribution in [0.5, 0.6) is 5.88 Å². The number of anilines is 1. The number of hydrazine groups is 1. The highest BCUT2D eigenvalue weighted by Gasteiger charge is 2.19. The largest absolute Gasteiger partial charge is 0.475 e. The highest BCUT2D eigenvalue weighted by atomic mass is 16.5. The first-order chi connectivity index (χ1) is 9.32. The predicted molar refractivity (Wildman–Crippen MR) is 79.7 cm³/mol. The molecule has 1 heterocycles. The van der Waals surface area contributed by atoms with Crippen LogP contribution < -0.4 is 16.0 Å². The summed E-state index contributed by atoms with van der Waals surface area (Å²) in [5, 5.41) is 0. The van der Waals surface area contributed by atoms with E-state index in [-0.39, 0.29) is 5.41 Å². The maximum absolute atomic E-state index is 5.59. The third-order valence-corrected chi connectivity index (χ3v) is 2.45. The molecule has 0 spiro atoms. The summed E-state index contributed by atoms with van der Waals surface area (Å²) < 4.78 is 11.1. The molecule has 0 aliphatic carbocycles. The number of nitrogens with zero attached hydrogens (tertiary/aromatic N) is 2. The van der Waals surface area contributed by atoms with E-state index in [1.807, 2.05) is 20.8 Å². The van der Waals surface area contributed by atoms with Gasteiger partial charge in [0.2, 0.25) is 5.88 Å². The third kappa shape index (κ3) is 5.71. The maximum Gasteiger partial charge on any atom is 0.218 e. The van der Waals surface area contributed by atoms with Crippen molar-refractivity contribution in [1.29, 1.82) is 0 Å². The van der Waals surface area contributed by atoms with Gasteiger partial charge in [-0.2, -0.15) is 4.98 Å². The van der Waals surface area contributed by atoms with Crippen LogP contribution in [0.2, 0.25) is 0 Å². The molecule has 20 heavy (non-hydrogen) atoms. The van der Waals surface area contributed by atoms with Crippen molar-refractivity contribution in [3.63, 3.8) is 0 Å². The van der Waals surface area contributed by atoms with Crippen molar-refractivity contribution in [2.75, 3.05) is 25.2 Å². The van der Waals surface area contributed by atoms with E-state index in [4.69, 9.17) is 15.3 Å². The Kier molecular flexibility index (Phi) is 6.16. The second-order valence-electron chi connectivity index (χ2n) is 6.13. The Morgan fingerprint density at radius 3 is 2.50 bits per heavy atom. The average molecular weight is 282 g/mol. The van der Waals surface area contributed by atoms with Gasteiger partial charge in [-0.25, -0.2) is 10.8 Å². The Hall–Kier alpha value is -1.40. The number of nitrogens with one attached hydrogen (secondary N) is 1. The van der Waals surface area contributed by atoms with Crippen LogP contribution in [0, 0.1) is 5.92 Å². The van der Waals surface area contributed by atoms with E-state index < -0.39 is 0 Å². The first-order valence-electron chi connectivity index (χ1n) is 6.89. The van der Waals surface area contributed by atoms with E-state index in [1.165, 1.54) is 0 Å². The van der Waals surface area contributed by atoms with Crippen molar-refractivity contribution in [2.24, 2.45) is 11.8 Å². The molecule has 0 saturated carbocycles.